The summed E-state index contributed by atoms with van der Waals surface area (Å²) in [7, 11) is 2.06. The van der Waals surface area contributed by atoms with Gasteiger partial charge in [0.2, 0.25) is 0 Å². The summed E-state index contributed by atoms with van der Waals surface area (Å²) in [5.41, 5.74) is 1.62. The van der Waals surface area contributed by atoms with Crippen LogP contribution in [0.3, 0.4) is 0 Å². The highest BCUT2D eigenvalue weighted by molar-refractivity contribution is 8.00. The summed E-state index contributed by atoms with van der Waals surface area (Å²) in [6.45, 7) is 11.7. The molecule has 1 saturated heterocycles. The highest BCUT2D eigenvalue weighted by Crippen LogP contribution is 2.32. The lowest BCUT2D eigenvalue weighted by Crippen LogP contribution is -2.45. The molecule has 1 aliphatic rings. The first-order chi connectivity index (χ1) is 9.95. The lowest BCUT2D eigenvalue weighted by atomic mass is 9.81. The average Bonchev–Trinajstić information content (AvgIpc) is 2.61. The number of likely N-dealkylation sites (N-methyl/N-ethyl adjacent to an activating group) is 1. The second-order valence-corrected chi connectivity index (χ2v) is 8.89. The molecule has 2 rings (SSSR count). The van der Waals surface area contributed by atoms with E-state index in [-0.39, 0.29) is 5.41 Å². The Bertz CT molecular complexity index is 432. The molecule has 118 valence electrons. The van der Waals surface area contributed by atoms with Gasteiger partial charge in [-0.25, -0.2) is 0 Å². The van der Waals surface area contributed by atoms with Crippen molar-refractivity contribution in [2.75, 3.05) is 39.0 Å². The van der Waals surface area contributed by atoms with E-state index >= 15 is 0 Å². The standard InChI is InChI=1S/C18H30N2S/c1-17(2)10-11-20(12-13-21-17)15-18(3,14-19-4)16-8-6-5-7-9-16/h5-9,19H,10-15H2,1-4H3. The minimum Gasteiger partial charge on any atom is -0.319 e. The Morgan fingerprint density at radius 2 is 1.95 bits per heavy atom. The maximum absolute atomic E-state index is 3.40. The van der Waals surface area contributed by atoms with Gasteiger partial charge in [-0.1, -0.05) is 51.1 Å². The van der Waals surface area contributed by atoms with E-state index in [1.807, 2.05) is 0 Å². The van der Waals surface area contributed by atoms with Crippen molar-refractivity contribution >= 4 is 11.8 Å². The molecular formula is C18H30N2S. The monoisotopic (exact) mass is 306 g/mol. The van der Waals surface area contributed by atoms with Crippen LogP contribution < -0.4 is 5.32 Å². The van der Waals surface area contributed by atoms with Gasteiger partial charge in [0, 0.05) is 35.5 Å². The quantitative estimate of drug-likeness (QED) is 0.898. The van der Waals surface area contributed by atoms with Crippen LogP contribution in [0.1, 0.15) is 32.8 Å². The Balaban J connectivity index is 2.09. The van der Waals surface area contributed by atoms with E-state index < -0.39 is 0 Å². The van der Waals surface area contributed by atoms with Crippen LogP contribution in [0.25, 0.3) is 0 Å². The smallest absolute Gasteiger partial charge is 0.0176 e. The molecule has 3 heteroatoms. The summed E-state index contributed by atoms with van der Waals surface area (Å²) in [6.07, 6.45) is 1.28. The van der Waals surface area contributed by atoms with Crippen LogP contribution in [0.15, 0.2) is 30.3 Å². The van der Waals surface area contributed by atoms with Crippen molar-refractivity contribution in [1.82, 2.24) is 10.2 Å². The zero-order valence-corrected chi connectivity index (χ0v) is 14.8. The third-order valence-corrected chi connectivity index (χ3v) is 5.91. The van der Waals surface area contributed by atoms with Gasteiger partial charge in [0.15, 0.2) is 0 Å². The summed E-state index contributed by atoms with van der Waals surface area (Å²) in [5.74, 6) is 1.25. The molecule has 21 heavy (non-hydrogen) atoms. The van der Waals surface area contributed by atoms with Crippen LogP contribution in [0.5, 0.6) is 0 Å². The fourth-order valence-corrected chi connectivity index (χ4v) is 4.33. The van der Waals surface area contributed by atoms with Gasteiger partial charge < -0.3 is 10.2 Å². The van der Waals surface area contributed by atoms with E-state index in [1.165, 1.54) is 30.8 Å². The van der Waals surface area contributed by atoms with Crippen molar-refractivity contribution < 1.29 is 0 Å². The molecule has 0 spiro atoms. The first-order valence-electron chi connectivity index (χ1n) is 8.02. The molecule has 1 unspecified atom stereocenters. The fourth-order valence-electron chi connectivity index (χ4n) is 3.19. The fraction of sp³-hybridized carbons (Fsp3) is 0.667. The van der Waals surface area contributed by atoms with Gasteiger partial charge in [-0.05, 0) is 25.6 Å². The van der Waals surface area contributed by atoms with Crippen molar-refractivity contribution in [3.05, 3.63) is 35.9 Å². The zero-order valence-electron chi connectivity index (χ0n) is 14.0. The van der Waals surface area contributed by atoms with Crippen LogP contribution >= 0.6 is 11.8 Å². The third kappa shape index (κ3) is 4.73. The predicted molar refractivity (Wildman–Crippen MR) is 95.3 cm³/mol. The molecule has 0 aliphatic carbocycles. The predicted octanol–water partition coefficient (Wildman–Crippen LogP) is 3.38. The number of hydrogen-bond donors (Lipinski definition) is 1. The molecule has 1 atom stereocenters. The molecule has 1 N–H and O–H groups in total. The summed E-state index contributed by atoms with van der Waals surface area (Å²) in [4.78, 5) is 2.66. The van der Waals surface area contributed by atoms with Crippen molar-refractivity contribution in [3.63, 3.8) is 0 Å². The number of nitrogens with zero attached hydrogens (tertiary/aromatic N) is 1. The number of rotatable bonds is 5. The van der Waals surface area contributed by atoms with Crippen LogP contribution in [0.4, 0.5) is 0 Å². The van der Waals surface area contributed by atoms with Gasteiger partial charge in [0.25, 0.3) is 0 Å². The van der Waals surface area contributed by atoms with Gasteiger partial charge in [-0.2, -0.15) is 11.8 Å². The Kier molecular flexibility index (Phi) is 5.75. The van der Waals surface area contributed by atoms with E-state index in [1.54, 1.807) is 0 Å². The van der Waals surface area contributed by atoms with Crippen molar-refractivity contribution in [2.45, 2.75) is 37.4 Å². The molecule has 1 aliphatic heterocycles. The molecular weight excluding hydrogens is 276 g/mol. The van der Waals surface area contributed by atoms with Crippen LogP contribution in [0, 0.1) is 0 Å². The average molecular weight is 307 g/mol. The van der Waals surface area contributed by atoms with Gasteiger partial charge in [-0.3, -0.25) is 0 Å². The highest BCUT2D eigenvalue weighted by atomic mass is 32.2. The minimum atomic E-state index is 0.176. The van der Waals surface area contributed by atoms with Gasteiger partial charge in [0.1, 0.15) is 0 Å². The van der Waals surface area contributed by atoms with E-state index in [0.717, 1.165) is 13.1 Å². The number of thioether (sulfide) groups is 1. The zero-order chi connectivity index (χ0) is 15.3. The van der Waals surface area contributed by atoms with Gasteiger partial charge in [0.05, 0.1) is 0 Å². The Morgan fingerprint density at radius 1 is 1.24 bits per heavy atom. The summed E-state index contributed by atoms with van der Waals surface area (Å²) < 4.78 is 0.431. The maximum Gasteiger partial charge on any atom is 0.0176 e. The molecule has 1 aromatic carbocycles. The van der Waals surface area contributed by atoms with Gasteiger partial charge >= 0.3 is 0 Å². The Labute approximate surface area is 134 Å². The molecule has 0 bridgehead atoms. The van der Waals surface area contributed by atoms with Crippen molar-refractivity contribution in [1.29, 1.82) is 0 Å². The largest absolute Gasteiger partial charge is 0.319 e. The van der Waals surface area contributed by atoms with E-state index in [9.17, 15) is 0 Å². The SMILES string of the molecule is CNCC(C)(CN1CCSC(C)(C)CC1)c1ccccc1. The number of hydrogen-bond acceptors (Lipinski definition) is 3. The van der Waals surface area contributed by atoms with Crippen LogP contribution in [-0.2, 0) is 5.41 Å². The molecule has 1 aromatic rings. The number of benzene rings is 1. The van der Waals surface area contributed by atoms with Crippen LogP contribution in [-0.4, -0.2) is 48.6 Å². The second-order valence-electron chi connectivity index (χ2n) is 7.09. The third-order valence-electron chi connectivity index (χ3n) is 4.54. The van der Waals surface area contributed by atoms with Gasteiger partial charge in [-0.15, -0.1) is 0 Å². The molecule has 0 amide bonds. The summed E-state index contributed by atoms with van der Waals surface area (Å²) in [6, 6.07) is 11.0. The molecule has 0 aromatic heterocycles. The lowest BCUT2D eigenvalue weighted by molar-refractivity contribution is 0.220. The number of nitrogens with one attached hydrogen (secondary N) is 1. The molecule has 2 nitrogen and oxygen atoms in total. The lowest BCUT2D eigenvalue weighted by Gasteiger charge is -2.36. The van der Waals surface area contributed by atoms with E-state index in [4.69, 9.17) is 0 Å². The topological polar surface area (TPSA) is 15.3 Å². The molecule has 0 saturated carbocycles. The summed E-state index contributed by atoms with van der Waals surface area (Å²) >= 11 is 2.12. The van der Waals surface area contributed by atoms with Crippen LogP contribution in [0.2, 0.25) is 0 Å². The minimum absolute atomic E-state index is 0.176. The van der Waals surface area contributed by atoms with Crippen molar-refractivity contribution in [3.8, 4) is 0 Å². The molecule has 1 heterocycles. The maximum atomic E-state index is 3.40. The second kappa shape index (κ2) is 7.17. The highest BCUT2D eigenvalue weighted by Gasteiger charge is 2.31. The molecule has 0 radical (unpaired) electrons. The Morgan fingerprint density at radius 3 is 2.62 bits per heavy atom. The normalized spacial score (nSPS) is 22.5. The first-order valence-corrected chi connectivity index (χ1v) is 9.00. The summed E-state index contributed by atoms with van der Waals surface area (Å²) in [5, 5.41) is 3.40. The van der Waals surface area contributed by atoms with E-state index in [2.05, 4.69) is 80.1 Å². The Hall–Kier alpha value is -0.510. The van der Waals surface area contributed by atoms with E-state index in [0.29, 0.717) is 4.75 Å². The molecule has 1 fully saturated rings. The van der Waals surface area contributed by atoms with Crippen molar-refractivity contribution in [2.24, 2.45) is 0 Å². The first kappa shape index (κ1) is 16.9.